The van der Waals surface area contributed by atoms with Crippen molar-refractivity contribution in [3.05, 3.63) is 76.6 Å². The molecular weight excluding hydrogens is 384 g/mol. The van der Waals surface area contributed by atoms with Crippen molar-refractivity contribution >= 4 is 23.1 Å². The smallest absolute Gasteiger partial charge is 0.321 e. The maximum Gasteiger partial charge on any atom is 0.321 e. The Balaban J connectivity index is 1.40. The van der Waals surface area contributed by atoms with Gasteiger partial charge in [-0.3, -0.25) is 10.1 Å². The summed E-state index contributed by atoms with van der Waals surface area (Å²) in [5, 5.41) is 18.5. The maximum atomic E-state index is 12.7. The molecule has 1 aliphatic heterocycles. The first kappa shape index (κ1) is 19.4. The summed E-state index contributed by atoms with van der Waals surface area (Å²) >= 11 is 0. The largest absolute Gasteiger partial charge is 0.362 e. The molecule has 1 N–H and O–H groups in total. The van der Waals surface area contributed by atoms with Crippen LogP contribution < -0.4 is 10.2 Å². The topological polar surface area (TPSA) is 96.5 Å². The van der Waals surface area contributed by atoms with Crippen LogP contribution in [0.15, 0.2) is 60.8 Å². The summed E-state index contributed by atoms with van der Waals surface area (Å²) in [6.45, 7) is 4.00. The number of nitrogens with one attached hydrogen (secondary N) is 1. The van der Waals surface area contributed by atoms with Crippen LogP contribution in [0.4, 0.5) is 21.9 Å². The number of hydrogen-bond acceptors (Lipinski definition) is 5. The molecule has 30 heavy (non-hydrogen) atoms. The molecule has 0 saturated carbocycles. The van der Waals surface area contributed by atoms with Crippen LogP contribution in [0.25, 0.3) is 5.69 Å². The lowest BCUT2D eigenvalue weighted by Gasteiger charge is -2.35. The molecule has 2 aromatic carbocycles. The van der Waals surface area contributed by atoms with E-state index in [0.29, 0.717) is 37.6 Å². The third kappa shape index (κ3) is 3.95. The second kappa shape index (κ2) is 8.24. The van der Waals surface area contributed by atoms with Crippen molar-refractivity contribution in [3.63, 3.8) is 0 Å². The van der Waals surface area contributed by atoms with E-state index in [1.165, 1.54) is 6.07 Å². The van der Waals surface area contributed by atoms with Crippen molar-refractivity contribution in [3.8, 4) is 5.69 Å². The summed E-state index contributed by atoms with van der Waals surface area (Å²) in [6.07, 6.45) is 1.73. The summed E-state index contributed by atoms with van der Waals surface area (Å²) in [4.78, 5) is 27.3. The number of carbonyl (C=O) groups excluding carboxylic acids is 1. The first-order valence-electron chi connectivity index (χ1n) is 9.68. The summed E-state index contributed by atoms with van der Waals surface area (Å²) in [7, 11) is 0. The number of anilines is 2. The van der Waals surface area contributed by atoms with Gasteiger partial charge in [-0.25, -0.2) is 9.48 Å². The number of aromatic nitrogens is 2. The Morgan fingerprint density at radius 3 is 2.53 bits per heavy atom. The molecule has 9 nitrogen and oxygen atoms in total. The van der Waals surface area contributed by atoms with E-state index in [-0.39, 0.29) is 16.6 Å². The van der Waals surface area contributed by atoms with Crippen molar-refractivity contribution < 1.29 is 9.72 Å². The standard InChI is InChI=1S/C21H22N6O3/c1-16-9-10-22-26(16)18-6-4-5-17(15-18)23-21(28)25-13-11-24(12-14-25)19-7-2-3-8-20(19)27(29)30/h2-10,15H,11-14H2,1H3,(H,23,28). The monoisotopic (exact) mass is 406 g/mol. The normalized spacial score (nSPS) is 13.9. The molecule has 1 aliphatic rings. The van der Waals surface area contributed by atoms with E-state index in [9.17, 15) is 14.9 Å². The van der Waals surface area contributed by atoms with Gasteiger partial charge < -0.3 is 15.1 Å². The first-order valence-corrected chi connectivity index (χ1v) is 9.68. The zero-order valence-electron chi connectivity index (χ0n) is 16.6. The number of rotatable bonds is 4. The fourth-order valence-corrected chi connectivity index (χ4v) is 3.59. The fraction of sp³-hybridized carbons (Fsp3) is 0.238. The van der Waals surface area contributed by atoms with Gasteiger partial charge in [0.15, 0.2) is 0 Å². The third-order valence-electron chi connectivity index (χ3n) is 5.16. The second-order valence-corrected chi connectivity index (χ2v) is 7.08. The van der Waals surface area contributed by atoms with Crippen LogP contribution in [0.3, 0.4) is 0 Å². The van der Waals surface area contributed by atoms with E-state index in [2.05, 4.69) is 10.4 Å². The highest BCUT2D eigenvalue weighted by atomic mass is 16.6. The average Bonchev–Trinajstić information content (AvgIpc) is 3.20. The van der Waals surface area contributed by atoms with E-state index < -0.39 is 0 Å². The maximum absolute atomic E-state index is 12.7. The number of aryl methyl sites for hydroxylation is 1. The fourth-order valence-electron chi connectivity index (χ4n) is 3.59. The van der Waals surface area contributed by atoms with Gasteiger partial charge in [0.05, 0.1) is 10.6 Å². The van der Waals surface area contributed by atoms with Crippen molar-refractivity contribution in [2.75, 3.05) is 36.4 Å². The molecule has 154 valence electrons. The SMILES string of the molecule is Cc1ccnn1-c1cccc(NC(=O)N2CCN(c3ccccc3[N+](=O)[O-])CC2)c1. The molecule has 3 aromatic rings. The number of nitro benzene ring substituents is 1. The van der Waals surface area contributed by atoms with Crippen LogP contribution in [0.2, 0.25) is 0 Å². The lowest BCUT2D eigenvalue weighted by atomic mass is 10.2. The molecule has 2 amide bonds. The summed E-state index contributed by atoms with van der Waals surface area (Å²) < 4.78 is 1.81. The number of piperazine rings is 1. The molecule has 2 heterocycles. The quantitative estimate of drug-likeness (QED) is 0.529. The van der Waals surface area contributed by atoms with Crippen LogP contribution in [0.1, 0.15) is 5.69 Å². The summed E-state index contributed by atoms with van der Waals surface area (Å²) in [5.74, 6) is 0. The Morgan fingerprint density at radius 1 is 1.07 bits per heavy atom. The molecule has 9 heteroatoms. The highest BCUT2D eigenvalue weighted by Gasteiger charge is 2.25. The Kier molecular flexibility index (Phi) is 5.34. The van der Waals surface area contributed by atoms with E-state index in [1.807, 2.05) is 42.2 Å². The van der Waals surface area contributed by atoms with Gasteiger partial charge in [-0.2, -0.15) is 5.10 Å². The van der Waals surface area contributed by atoms with E-state index >= 15 is 0 Å². The summed E-state index contributed by atoms with van der Waals surface area (Å²) in [6, 6.07) is 15.9. The molecule has 4 rings (SSSR count). The first-order chi connectivity index (χ1) is 14.5. The molecule has 1 fully saturated rings. The van der Waals surface area contributed by atoms with Gasteiger partial charge in [0.1, 0.15) is 5.69 Å². The van der Waals surface area contributed by atoms with Crippen molar-refractivity contribution in [2.24, 2.45) is 0 Å². The van der Waals surface area contributed by atoms with Gasteiger partial charge in [-0.1, -0.05) is 18.2 Å². The van der Waals surface area contributed by atoms with Crippen LogP contribution in [0, 0.1) is 17.0 Å². The molecule has 0 unspecified atom stereocenters. The minimum absolute atomic E-state index is 0.0844. The van der Waals surface area contributed by atoms with E-state index in [0.717, 1.165) is 11.4 Å². The number of carbonyl (C=O) groups is 1. The Bertz CT molecular complexity index is 1070. The third-order valence-corrected chi connectivity index (χ3v) is 5.16. The minimum atomic E-state index is -0.372. The van der Waals surface area contributed by atoms with Crippen molar-refractivity contribution in [1.82, 2.24) is 14.7 Å². The Labute approximate surface area is 173 Å². The highest BCUT2D eigenvalue weighted by molar-refractivity contribution is 5.89. The van der Waals surface area contributed by atoms with E-state index in [1.54, 1.807) is 34.0 Å². The van der Waals surface area contributed by atoms with Crippen LogP contribution in [0.5, 0.6) is 0 Å². The zero-order valence-corrected chi connectivity index (χ0v) is 16.6. The van der Waals surface area contributed by atoms with Gasteiger partial charge >= 0.3 is 6.03 Å². The van der Waals surface area contributed by atoms with Crippen LogP contribution >= 0.6 is 0 Å². The van der Waals surface area contributed by atoms with Crippen LogP contribution in [-0.2, 0) is 0 Å². The second-order valence-electron chi connectivity index (χ2n) is 7.08. The lowest BCUT2D eigenvalue weighted by Crippen LogP contribution is -2.50. The molecule has 0 aliphatic carbocycles. The number of urea groups is 1. The minimum Gasteiger partial charge on any atom is -0.362 e. The highest BCUT2D eigenvalue weighted by Crippen LogP contribution is 2.28. The molecule has 0 atom stereocenters. The lowest BCUT2D eigenvalue weighted by molar-refractivity contribution is -0.384. The predicted molar refractivity (Wildman–Crippen MR) is 114 cm³/mol. The number of nitro groups is 1. The zero-order chi connectivity index (χ0) is 21.1. The number of para-hydroxylation sites is 2. The van der Waals surface area contributed by atoms with Gasteiger partial charge in [0.25, 0.3) is 5.69 Å². The number of benzene rings is 2. The number of nitrogens with zero attached hydrogens (tertiary/aromatic N) is 5. The molecule has 0 spiro atoms. The van der Waals surface area contributed by atoms with Gasteiger partial charge in [-0.15, -0.1) is 0 Å². The molecular formula is C21H22N6O3. The molecule has 0 radical (unpaired) electrons. The summed E-state index contributed by atoms with van der Waals surface area (Å²) in [5.41, 5.74) is 3.24. The van der Waals surface area contributed by atoms with Gasteiger partial charge in [0.2, 0.25) is 0 Å². The number of hydrogen-bond donors (Lipinski definition) is 1. The van der Waals surface area contributed by atoms with E-state index in [4.69, 9.17) is 0 Å². The van der Waals surface area contributed by atoms with Crippen LogP contribution in [-0.4, -0.2) is 51.8 Å². The van der Waals surface area contributed by atoms with Crippen molar-refractivity contribution in [1.29, 1.82) is 0 Å². The molecule has 1 saturated heterocycles. The predicted octanol–water partition coefficient (Wildman–Crippen LogP) is 3.44. The van der Waals surface area contributed by atoms with Gasteiger partial charge in [0, 0.05) is 49.8 Å². The Hall–Kier alpha value is -3.88. The molecule has 0 bridgehead atoms. The average molecular weight is 406 g/mol. The number of amides is 2. The van der Waals surface area contributed by atoms with Crippen molar-refractivity contribution in [2.45, 2.75) is 6.92 Å². The van der Waals surface area contributed by atoms with Gasteiger partial charge in [-0.05, 0) is 37.3 Å². The Morgan fingerprint density at radius 2 is 1.83 bits per heavy atom. The molecule has 1 aromatic heterocycles.